The smallest absolute Gasteiger partial charge is 0.296 e. The van der Waals surface area contributed by atoms with Crippen molar-refractivity contribution in [2.45, 2.75) is 5.16 Å². The topological polar surface area (TPSA) is 74.1 Å². The van der Waals surface area contributed by atoms with Crippen molar-refractivity contribution in [2.24, 2.45) is 7.05 Å². The number of nitrogens with zero attached hydrogens (tertiary/aromatic N) is 3. The molecule has 0 radical (unpaired) electrons. The monoisotopic (exact) mass is 293 g/mol. The van der Waals surface area contributed by atoms with Crippen molar-refractivity contribution in [3.05, 3.63) is 11.4 Å². The van der Waals surface area contributed by atoms with Gasteiger partial charge < -0.3 is 4.74 Å². The Bertz CT molecular complexity index is 647. The first-order chi connectivity index (χ1) is 7.95. The quantitative estimate of drug-likeness (QED) is 0.801. The fourth-order valence-corrected chi connectivity index (χ4v) is 3.18. The third kappa shape index (κ3) is 2.15. The lowest BCUT2D eigenvalue weighted by molar-refractivity contribution is 0.417. The number of halogens is 1. The zero-order valence-corrected chi connectivity index (χ0v) is 11.3. The fourth-order valence-electron chi connectivity index (χ4n) is 1.35. The molecule has 0 N–H and O–H groups in total. The molecule has 0 aliphatic heterocycles. The zero-order valence-electron chi connectivity index (χ0n) is 8.92. The predicted molar refractivity (Wildman–Crippen MR) is 63.9 cm³/mol. The molecule has 0 amide bonds. The highest BCUT2D eigenvalue weighted by molar-refractivity contribution is 8.13. The lowest BCUT2D eigenvalue weighted by Crippen LogP contribution is -2.02. The van der Waals surface area contributed by atoms with Crippen molar-refractivity contribution in [1.29, 1.82) is 0 Å². The van der Waals surface area contributed by atoms with Gasteiger partial charge in [-0.1, -0.05) is 0 Å². The van der Waals surface area contributed by atoms with Crippen LogP contribution in [0, 0.1) is 0 Å². The van der Waals surface area contributed by atoms with Crippen LogP contribution in [0.2, 0.25) is 0 Å². The molecule has 6 nitrogen and oxygen atoms in total. The summed E-state index contributed by atoms with van der Waals surface area (Å²) in [6.07, 6.45) is 0. The van der Waals surface area contributed by atoms with Gasteiger partial charge >= 0.3 is 0 Å². The molecule has 2 heterocycles. The largest absolute Gasteiger partial charge is 0.495 e. The molecule has 2 aromatic heterocycles. The lowest BCUT2D eigenvalue weighted by atomic mass is 10.4. The summed E-state index contributed by atoms with van der Waals surface area (Å²) < 4.78 is 28.9. The molecule has 0 atom stereocenters. The summed E-state index contributed by atoms with van der Waals surface area (Å²) in [4.78, 5) is 0.703. The summed E-state index contributed by atoms with van der Waals surface area (Å²) in [5.41, 5.74) is 0. The summed E-state index contributed by atoms with van der Waals surface area (Å²) in [5, 5.41) is 8.91. The van der Waals surface area contributed by atoms with Crippen LogP contribution in [0.15, 0.2) is 16.6 Å². The van der Waals surface area contributed by atoms with Gasteiger partial charge in [0.1, 0.15) is 10.6 Å². The van der Waals surface area contributed by atoms with Gasteiger partial charge in [0.15, 0.2) is 5.82 Å². The van der Waals surface area contributed by atoms with E-state index in [4.69, 9.17) is 15.4 Å². The molecule has 0 saturated carbocycles. The third-order valence-electron chi connectivity index (χ3n) is 2.11. The maximum absolute atomic E-state index is 11.2. The zero-order chi connectivity index (χ0) is 12.6. The molecule has 92 valence electrons. The maximum Gasteiger partial charge on any atom is 0.296 e. The summed E-state index contributed by atoms with van der Waals surface area (Å²) in [5.74, 6) is 1.01. The van der Waals surface area contributed by atoms with Crippen LogP contribution >= 0.6 is 22.0 Å². The van der Waals surface area contributed by atoms with E-state index >= 15 is 0 Å². The number of hydrogen-bond donors (Lipinski definition) is 0. The van der Waals surface area contributed by atoms with E-state index in [1.807, 2.05) is 5.38 Å². The Balaban J connectivity index is 2.60. The Morgan fingerprint density at radius 3 is 2.71 bits per heavy atom. The van der Waals surface area contributed by atoms with Gasteiger partial charge in [-0.2, -0.15) is 0 Å². The first-order valence-electron chi connectivity index (χ1n) is 4.41. The second-order valence-corrected chi connectivity index (χ2v) is 6.50. The fraction of sp³-hybridized carbons (Fsp3) is 0.250. The van der Waals surface area contributed by atoms with Gasteiger partial charge in [-0.25, -0.2) is 8.42 Å². The van der Waals surface area contributed by atoms with Crippen LogP contribution in [0.25, 0.3) is 10.7 Å². The van der Waals surface area contributed by atoms with Crippen LogP contribution in [-0.2, 0) is 16.1 Å². The van der Waals surface area contributed by atoms with Gasteiger partial charge in [0.2, 0.25) is 0 Å². The van der Waals surface area contributed by atoms with Gasteiger partial charge in [0.05, 0.1) is 7.11 Å². The summed E-state index contributed by atoms with van der Waals surface area (Å²) in [6.45, 7) is 0. The van der Waals surface area contributed by atoms with Crippen molar-refractivity contribution < 1.29 is 13.2 Å². The molecule has 0 unspecified atom stereocenters. The van der Waals surface area contributed by atoms with Crippen molar-refractivity contribution in [3.8, 4) is 16.5 Å². The summed E-state index contributed by atoms with van der Waals surface area (Å²) >= 11 is 1.38. The average molecular weight is 294 g/mol. The molecule has 9 heteroatoms. The molecule has 0 aliphatic rings. The number of aromatic nitrogens is 3. The third-order valence-corrected chi connectivity index (χ3v) is 4.20. The highest BCUT2D eigenvalue weighted by Gasteiger charge is 2.23. The van der Waals surface area contributed by atoms with Crippen molar-refractivity contribution in [2.75, 3.05) is 7.11 Å². The van der Waals surface area contributed by atoms with E-state index in [-0.39, 0.29) is 5.16 Å². The first kappa shape index (κ1) is 12.3. The van der Waals surface area contributed by atoms with Crippen LogP contribution in [0.4, 0.5) is 0 Å². The van der Waals surface area contributed by atoms with Gasteiger partial charge in [-0.15, -0.1) is 21.5 Å². The second kappa shape index (κ2) is 4.28. The minimum atomic E-state index is -3.90. The molecule has 0 aliphatic carbocycles. The number of ether oxygens (including phenoxy) is 1. The van der Waals surface area contributed by atoms with Gasteiger partial charge in [-0.3, -0.25) is 4.57 Å². The Hall–Kier alpha value is -1.12. The van der Waals surface area contributed by atoms with E-state index in [1.165, 1.54) is 30.1 Å². The molecule has 0 fully saturated rings. The van der Waals surface area contributed by atoms with Crippen LogP contribution in [-0.4, -0.2) is 30.3 Å². The van der Waals surface area contributed by atoms with E-state index in [9.17, 15) is 8.42 Å². The van der Waals surface area contributed by atoms with Crippen LogP contribution in [0.3, 0.4) is 0 Å². The molecule has 0 bridgehead atoms. The number of methoxy groups -OCH3 is 1. The SMILES string of the molecule is COc1ccsc1-c1nnc(S(=O)(=O)Cl)n1C. The van der Waals surface area contributed by atoms with Gasteiger partial charge in [0, 0.05) is 17.7 Å². The van der Waals surface area contributed by atoms with Crippen molar-refractivity contribution in [3.63, 3.8) is 0 Å². The Morgan fingerprint density at radius 2 is 2.18 bits per heavy atom. The highest BCUT2D eigenvalue weighted by atomic mass is 35.7. The van der Waals surface area contributed by atoms with E-state index in [1.54, 1.807) is 6.07 Å². The van der Waals surface area contributed by atoms with Gasteiger partial charge in [-0.05, 0) is 11.4 Å². The van der Waals surface area contributed by atoms with E-state index in [0.717, 1.165) is 0 Å². The minimum absolute atomic E-state index is 0.287. The minimum Gasteiger partial charge on any atom is -0.495 e. The van der Waals surface area contributed by atoms with E-state index < -0.39 is 9.05 Å². The number of rotatable bonds is 3. The Labute approximate surface area is 106 Å². The highest BCUT2D eigenvalue weighted by Crippen LogP contribution is 2.34. The summed E-state index contributed by atoms with van der Waals surface area (Å²) in [6, 6.07) is 1.77. The first-order valence-corrected chi connectivity index (χ1v) is 7.60. The molecule has 0 spiro atoms. The normalized spacial score (nSPS) is 11.7. The van der Waals surface area contributed by atoms with Crippen LogP contribution in [0.1, 0.15) is 0 Å². The number of hydrogen-bond acceptors (Lipinski definition) is 6. The molecule has 0 aromatic carbocycles. The standard InChI is InChI=1S/C8H8ClN3O3S2/c1-12-7(6-5(15-2)3-4-16-6)10-11-8(12)17(9,13)14/h3-4H,1-2H3. The summed E-state index contributed by atoms with van der Waals surface area (Å²) in [7, 11) is 4.40. The van der Waals surface area contributed by atoms with Crippen LogP contribution < -0.4 is 4.74 Å². The van der Waals surface area contributed by atoms with Crippen molar-refractivity contribution in [1.82, 2.24) is 14.8 Å². The predicted octanol–water partition coefficient (Wildman–Crippen LogP) is 1.48. The maximum atomic E-state index is 11.2. The molecule has 2 rings (SSSR count). The molecular formula is C8H8ClN3O3S2. The molecule has 17 heavy (non-hydrogen) atoms. The Kier molecular flexibility index (Phi) is 3.11. The van der Waals surface area contributed by atoms with Gasteiger partial charge in [0.25, 0.3) is 14.2 Å². The molecule has 2 aromatic rings. The number of thiophene rings is 1. The second-order valence-electron chi connectivity index (χ2n) is 3.12. The lowest BCUT2D eigenvalue weighted by Gasteiger charge is -2.02. The average Bonchev–Trinajstić information content (AvgIpc) is 2.81. The van der Waals surface area contributed by atoms with E-state index in [0.29, 0.717) is 16.5 Å². The molecule has 0 saturated heterocycles. The Morgan fingerprint density at radius 1 is 1.47 bits per heavy atom. The van der Waals surface area contributed by atoms with Crippen molar-refractivity contribution >= 4 is 31.1 Å². The van der Waals surface area contributed by atoms with E-state index in [2.05, 4.69) is 10.2 Å². The van der Waals surface area contributed by atoms with Crippen LogP contribution in [0.5, 0.6) is 5.75 Å². The molecular weight excluding hydrogens is 286 g/mol.